The number of sulfone groups is 1. The molecule has 1 heterocycles. The van der Waals surface area contributed by atoms with Crippen molar-refractivity contribution in [2.45, 2.75) is 19.4 Å². The first kappa shape index (κ1) is 16.3. The number of para-hydroxylation sites is 1. The molecule has 1 aliphatic heterocycles. The van der Waals surface area contributed by atoms with Gasteiger partial charge in [-0.1, -0.05) is 30.7 Å². The van der Waals surface area contributed by atoms with E-state index in [1.807, 2.05) is 11.8 Å². The Morgan fingerprint density at radius 2 is 2.14 bits per heavy atom. The predicted octanol–water partition coefficient (Wildman–Crippen LogP) is 1.79. The third kappa shape index (κ3) is 4.43. The van der Waals surface area contributed by atoms with Gasteiger partial charge in [-0.05, 0) is 25.1 Å². The second-order valence-corrected chi connectivity index (χ2v) is 7.78. The number of halogens is 1. The van der Waals surface area contributed by atoms with Gasteiger partial charge in [0.25, 0.3) is 0 Å². The van der Waals surface area contributed by atoms with Gasteiger partial charge in [-0.15, -0.1) is 0 Å². The average Bonchev–Trinajstić information content (AvgIpc) is 2.79. The summed E-state index contributed by atoms with van der Waals surface area (Å²) < 4.78 is 23.1. The maximum absolute atomic E-state index is 12.1. The summed E-state index contributed by atoms with van der Waals surface area (Å²) in [7, 11) is -2.95. The number of nitrogens with zero attached hydrogens (tertiary/aromatic N) is 1. The topological polar surface area (TPSA) is 66.5 Å². The van der Waals surface area contributed by atoms with Crippen molar-refractivity contribution < 1.29 is 13.2 Å². The fraction of sp³-hybridized carbons (Fsp3) is 0.500. The highest BCUT2D eigenvalue weighted by molar-refractivity contribution is 7.91. The Morgan fingerprint density at radius 3 is 2.71 bits per heavy atom. The van der Waals surface area contributed by atoms with Gasteiger partial charge in [0.2, 0.25) is 5.91 Å². The Kier molecular flexibility index (Phi) is 5.24. The zero-order valence-electron chi connectivity index (χ0n) is 11.9. The Balaban J connectivity index is 1.96. The van der Waals surface area contributed by atoms with Crippen molar-refractivity contribution in [3.8, 4) is 0 Å². The molecule has 1 fully saturated rings. The lowest BCUT2D eigenvalue weighted by Crippen LogP contribution is -2.41. The van der Waals surface area contributed by atoms with Gasteiger partial charge in [0.05, 0.1) is 28.8 Å². The molecule has 0 aliphatic carbocycles. The molecule has 0 radical (unpaired) electrons. The number of amides is 1. The number of nitrogens with one attached hydrogen (secondary N) is 1. The van der Waals surface area contributed by atoms with Crippen LogP contribution in [0.2, 0.25) is 5.02 Å². The highest BCUT2D eigenvalue weighted by Gasteiger charge is 2.32. The summed E-state index contributed by atoms with van der Waals surface area (Å²) in [5.74, 6) is 0.162. The Morgan fingerprint density at radius 1 is 1.43 bits per heavy atom. The lowest BCUT2D eigenvalue weighted by Gasteiger charge is -2.25. The molecule has 1 saturated heterocycles. The van der Waals surface area contributed by atoms with E-state index in [2.05, 4.69) is 5.32 Å². The molecule has 116 valence electrons. The number of rotatable bonds is 5. The van der Waals surface area contributed by atoms with E-state index in [1.54, 1.807) is 24.3 Å². The van der Waals surface area contributed by atoms with Crippen molar-refractivity contribution in [2.24, 2.45) is 0 Å². The van der Waals surface area contributed by atoms with Gasteiger partial charge in [0, 0.05) is 6.04 Å². The lowest BCUT2D eigenvalue weighted by atomic mass is 10.2. The lowest BCUT2D eigenvalue weighted by molar-refractivity contribution is -0.117. The summed E-state index contributed by atoms with van der Waals surface area (Å²) in [6.45, 7) is 2.73. The fourth-order valence-corrected chi connectivity index (χ4v) is 4.44. The molecule has 7 heteroatoms. The van der Waals surface area contributed by atoms with Crippen LogP contribution in [-0.4, -0.2) is 49.9 Å². The second kappa shape index (κ2) is 6.77. The van der Waals surface area contributed by atoms with E-state index < -0.39 is 9.84 Å². The molecule has 0 spiro atoms. The van der Waals surface area contributed by atoms with Crippen molar-refractivity contribution in [3.05, 3.63) is 29.3 Å². The van der Waals surface area contributed by atoms with E-state index in [4.69, 9.17) is 11.6 Å². The van der Waals surface area contributed by atoms with E-state index in [9.17, 15) is 13.2 Å². The van der Waals surface area contributed by atoms with E-state index in [0.717, 1.165) is 0 Å². The van der Waals surface area contributed by atoms with Crippen LogP contribution in [0.25, 0.3) is 0 Å². The van der Waals surface area contributed by atoms with E-state index in [0.29, 0.717) is 23.7 Å². The molecule has 5 nitrogen and oxygen atoms in total. The molecule has 1 unspecified atom stereocenters. The van der Waals surface area contributed by atoms with Gasteiger partial charge < -0.3 is 5.32 Å². The van der Waals surface area contributed by atoms with Crippen molar-refractivity contribution in [1.82, 2.24) is 4.90 Å². The Bertz CT molecular complexity index is 618. The minimum absolute atomic E-state index is 0.0722. The Labute approximate surface area is 130 Å². The average molecular weight is 331 g/mol. The number of carbonyl (C=O) groups is 1. The molecule has 0 aromatic heterocycles. The van der Waals surface area contributed by atoms with Crippen LogP contribution in [-0.2, 0) is 14.6 Å². The minimum Gasteiger partial charge on any atom is -0.324 e. The van der Waals surface area contributed by atoms with Crippen molar-refractivity contribution >= 4 is 33.0 Å². The smallest absolute Gasteiger partial charge is 0.238 e. The number of likely N-dealkylation sites (N-methyl/N-ethyl adjacent to an activating group) is 1. The van der Waals surface area contributed by atoms with E-state index in [-0.39, 0.29) is 30.0 Å². The number of benzene rings is 1. The molecule has 1 aromatic rings. The summed E-state index contributed by atoms with van der Waals surface area (Å²) in [6, 6.07) is 6.95. The first-order valence-electron chi connectivity index (χ1n) is 6.90. The van der Waals surface area contributed by atoms with E-state index >= 15 is 0 Å². The first-order valence-corrected chi connectivity index (χ1v) is 9.10. The standard InChI is InChI=1S/C14H19ClN2O3S/c1-2-17(11-7-8-21(19,20)10-11)9-14(18)16-13-6-4-3-5-12(13)15/h3-6,11H,2,7-10H2,1H3,(H,16,18). The maximum atomic E-state index is 12.1. The highest BCUT2D eigenvalue weighted by atomic mass is 35.5. The van der Waals surface area contributed by atoms with Crippen LogP contribution in [0.4, 0.5) is 5.69 Å². The molecule has 1 aromatic carbocycles. The van der Waals surface area contributed by atoms with Crippen LogP contribution in [0, 0.1) is 0 Å². The second-order valence-electron chi connectivity index (χ2n) is 5.15. The summed E-state index contributed by atoms with van der Waals surface area (Å²) in [6.07, 6.45) is 0.593. The molecule has 2 rings (SSSR count). The normalized spacial score (nSPS) is 20.6. The molecular weight excluding hydrogens is 312 g/mol. The third-order valence-electron chi connectivity index (χ3n) is 3.63. The third-order valence-corrected chi connectivity index (χ3v) is 5.71. The number of hydrogen-bond acceptors (Lipinski definition) is 4. The molecule has 1 atom stereocenters. The quantitative estimate of drug-likeness (QED) is 0.893. The monoisotopic (exact) mass is 330 g/mol. The first-order chi connectivity index (χ1) is 9.91. The number of carbonyl (C=O) groups excluding carboxylic acids is 1. The van der Waals surface area contributed by atoms with Gasteiger partial charge in [0.15, 0.2) is 9.84 Å². The molecule has 21 heavy (non-hydrogen) atoms. The van der Waals surface area contributed by atoms with Gasteiger partial charge in [-0.2, -0.15) is 0 Å². The maximum Gasteiger partial charge on any atom is 0.238 e. The number of anilines is 1. The molecule has 0 saturated carbocycles. The van der Waals surface area contributed by atoms with Crippen molar-refractivity contribution in [2.75, 3.05) is 29.9 Å². The summed E-state index contributed by atoms with van der Waals surface area (Å²) in [5, 5.41) is 3.24. The van der Waals surface area contributed by atoms with Crippen LogP contribution in [0.15, 0.2) is 24.3 Å². The van der Waals surface area contributed by atoms with Gasteiger partial charge in [-0.25, -0.2) is 8.42 Å². The SMILES string of the molecule is CCN(CC(=O)Nc1ccccc1Cl)C1CCS(=O)(=O)C1. The molecule has 1 aliphatic rings. The van der Waals surface area contributed by atoms with Gasteiger partial charge >= 0.3 is 0 Å². The largest absolute Gasteiger partial charge is 0.324 e. The van der Waals surface area contributed by atoms with Crippen LogP contribution in [0.1, 0.15) is 13.3 Å². The minimum atomic E-state index is -2.95. The number of hydrogen-bond donors (Lipinski definition) is 1. The molecule has 1 N–H and O–H groups in total. The van der Waals surface area contributed by atoms with E-state index in [1.165, 1.54) is 0 Å². The molecular formula is C14H19ClN2O3S. The predicted molar refractivity (Wildman–Crippen MR) is 84.4 cm³/mol. The van der Waals surface area contributed by atoms with Gasteiger partial charge in [0.1, 0.15) is 0 Å². The van der Waals surface area contributed by atoms with Crippen LogP contribution < -0.4 is 5.32 Å². The molecule has 1 amide bonds. The molecule has 0 bridgehead atoms. The van der Waals surface area contributed by atoms with Crippen molar-refractivity contribution in [3.63, 3.8) is 0 Å². The van der Waals surface area contributed by atoms with Crippen LogP contribution >= 0.6 is 11.6 Å². The van der Waals surface area contributed by atoms with Gasteiger partial charge in [-0.3, -0.25) is 9.69 Å². The zero-order chi connectivity index (χ0) is 15.5. The zero-order valence-corrected chi connectivity index (χ0v) is 13.5. The van der Waals surface area contributed by atoms with Crippen LogP contribution in [0.3, 0.4) is 0 Å². The summed E-state index contributed by atoms with van der Waals surface area (Å²) >= 11 is 6.00. The Hall–Kier alpha value is -1.11. The van der Waals surface area contributed by atoms with Crippen LogP contribution in [0.5, 0.6) is 0 Å². The summed E-state index contributed by atoms with van der Waals surface area (Å²) in [5.41, 5.74) is 0.569. The van der Waals surface area contributed by atoms with Crippen molar-refractivity contribution in [1.29, 1.82) is 0 Å². The highest BCUT2D eigenvalue weighted by Crippen LogP contribution is 2.21. The summed E-state index contributed by atoms with van der Waals surface area (Å²) in [4.78, 5) is 14.0. The fourth-order valence-electron chi connectivity index (χ4n) is 2.50.